The lowest BCUT2D eigenvalue weighted by Gasteiger charge is -2.32. The minimum absolute atomic E-state index is 0.0977. The predicted molar refractivity (Wildman–Crippen MR) is 266 cm³/mol. The summed E-state index contributed by atoms with van der Waals surface area (Å²) in [5, 5.41) is 2.34. The van der Waals surface area contributed by atoms with E-state index in [2.05, 4.69) is 191 Å². The van der Waals surface area contributed by atoms with Crippen LogP contribution in [0.3, 0.4) is 0 Å². The Morgan fingerprint density at radius 2 is 0.859 bits per heavy atom. The first kappa shape index (κ1) is 31.4. The third-order valence-electron chi connectivity index (χ3n) is 13.2. The molecule has 0 fully saturated rings. The van der Waals surface area contributed by atoms with E-state index in [9.17, 15) is 0 Å². The highest BCUT2D eigenvalue weighted by Gasteiger charge is 2.51. The highest BCUT2D eigenvalue weighted by molar-refractivity contribution is 6.16. The monoisotopic (exact) mass is 820 g/mol. The number of anilines is 6. The molecule has 0 aliphatic heterocycles. The molecule has 11 aromatic rings. The van der Waals surface area contributed by atoms with Crippen LogP contribution in [0.5, 0.6) is 0 Å². The van der Waals surface area contributed by atoms with Gasteiger partial charge in [0.25, 0.3) is 0 Å². The zero-order valence-corrected chi connectivity index (χ0v) is 34.6. The molecule has 1 atom stereocenters. The number of fused-ring (bicyclic) bond motifs is 13. The van der Waals surface area contributed by atoms with E-state index < -0.39 is 11.5 Å². The molecule has 1 aromatic heterocycles. The van der Waals surface area contributed by atoms with Crippen LogP contribution in [0.2, 0.25) is 0 Å². The number of hydrogen-bond donors (Lipinski definition) is 0. The van der Waals surface area contributed by atoms with Crippen LogP contribution in [0.4, 0.5) is 34.1 Å². The van der Waals surface area contributed by atoms with Gasteiger partial charge in [0.05, 0.1) is 29.0 Å². The smallest absolute Gasteiger partial charge is 0.0725 e. The average molecular weight is 821 g/mol. The Kier molecular flexibility index (Phi) is 7.04. The summed E-state index contributed by atoms with van der Waals surface area (Å²) < 4.78 is 46.1. The molecule has 0 saturated heterocycles. The number of aromatic nitrogens is 1. The highest BCUT2D eigenvalue weighted by Crippen LogP contribution is 2.64. The lowest BCUT2D eigenvalue weighted by atomic mass is 9.70. The number of rotatable bonds is 7. The maximum atomic E-state index is 9.08. The molecule has 64 heavy (non-hydrogen) atoms. The summed E-state index contributed by atoms with van der Waals surface area (Å²) in [5.41, 5.74) is 16.5. The van der Waals surface area contributed by atoms with Crippen LogP contribution in [0.1, 0.15) is 29.1 Å². The molecular formula is C61H41N3. The number of nitrogens with zero attached hydrogens (tertiary/aromatic N) is 3. The summed E-state index contributed by atoms with van der Waals surface area (Å²) in [6.07, 6.45) is 0. The summed E-state index contributed by atoms with van der Waals surface area (Å²) in [7, 11) is 0. The molecule has 0 amide bonds. The van der Waals surface area contributed by atoms with Gasteiger partial charge in [0, 0.05) is 44.9 Å². The number of hydrogen-bond acceptors (Lipinski definition) is 2. The fraction of sp³-hybridized carbons (Fsp3) is 0.0164. The van der Waals surface area contributed by atoms with Crippen LogP contribution < -0.4 is 9.80 Å². The van der Waals surface area contributed by atoms with Gasteiger partial charge in [-0.2, -0.15) is 0 Å². The minimum Gasteiger partial charge on any atom is -0.310 e. The molecule has 3 heteroatoms. The van der Waals surface area contributed by atoms with Crippen LogP contribution in [0, 0.1) is 0 Å². The topological polar surface area (TPSA) is 11.4 Å². The first-order valence-corrected chi connectivity index (χ1v) is 21.7. The van der Waals surface area contributed by atoms with E-state index in [-0.39, 0.29) is 29.9 Å². The van der Waals surface area contributed by atoms with Crippen molar-refractivity contribution in [1.82, 2.24) is 4.57 Å². The van der Waals surface area contributed by atoms with Crippen LogP contribution in [0.25, 0.3) is 49.7 Å². The molecule has 13 rings (SSSR count). The Labute approximate surface area is 380 Å². The number of para-hydroxylation sites is 5. The standard InChI is InChI=1S/C61H41N3/c1-5-20-42(21-6-1)62(43-22-7-2-8-23-43)46-36-38-55-51(40-46)48-28-13-16-31-53(48)61(55)54-32-17-14-29-49(54)52-41-47(37-39-56(52)61)63(44-24-9-3-10-25-44)58-34-19-35-59-60(58)50-30-15-18-33-57(50)64(59)45-26-11-4-12-27-45/h1-41H/i1D,5D,6D,20D,21D. The average Bonchev–Trinajstić information content (AvgIpc) is 4.01. The molecule has 1 heterocycles. The van der Waals surface area contributed by atoms with E-state index >= 15 is 0 Å². The first-order chi connectivity index (χ1) is 33.9. The Bertz CT molecular complexity index is 3840. The Morgan fingerprint density at radius 3 is 1.50 bits per heavy atom. The fourth-order valence-corrected chi connectivity index (χ4v) is 10.8. The van der Waals surface area contributed by atoms with E-state index in [1.54, 1.807) is 4.90 Å². The molecule has 1 unspecified atom stereocenters. The van der Waals surface area contributed by atoms with Crippen molar-refractivity contribution in [3.8, 4) is 27.9 Å². The van der Waals surface area contributed by atoms with Gasteiger partial charge < -0.3 is 14.4 Å². The van der Waals surface area contributed by atoms with Gasteiger partial charge in [-0.25, -0.2) is 0 Å². The van der Waals surface area contributed by atoms with Gasteiger partial charge in [-0.3, -0.25) is 0 Å². The van der Waals surface area contributed by atoms with Gasteiger partial charge >= 0.3 is 0 Å². The van der Waals surface area contributed by atoms with E-state index in [4.69, 9.17) is 6.85 Å². The molecule has 1 spiro atoms. The molecule has 300 valence electrons. The first-order valence-electron chi connectivity index (χ1n) is 24.2. The van der Waals surface area contributed by atoms with Gasteiger partial charge in [0.2, 0.25) is 0 Å². The van der Waals surface area contributed by atoms with Crippen molar-refractivity contribution < 1.29 is 6.85 Å². The molecule has 0 N–H and O–H groups in total. The highest BCUT2D eigenvalue weighted by atomic mass is 15.2. The molecule has 2 aliphatic carbocycles. The molecule has 10 aromatic carbocycles. The van der Waals surface area contributed by atoms with Crippen molar-refractivity contribution in [3.05, 3.63) is 271 Å². The second-order valence-corrected chi connectivity index (χ2v) is 16.5. The minimum atomic E-state index is -0.663. The van der Waals surface area contributed by atoms with Gasteiger partial charge in [0.15, 0.2) is 0 Å². The van der Waals surface area contributed by atoms with Gasteiger partial charge in [0.1, 0.15) is 0 Å². The predicted octanol–water partition coefficient (Wildman–Crippen LogP) is 16.1. The van der Waals surface area contributed by atoms with Gasteiger partial charge in [-0.05, 0) is 135 Å². The third kappa shape index (κ3) is 5.22. The van der Waals surface area contributed by atoms with Crippen LogP contribution in [0.15, 0.2) is 249 Å². The molecule has 0 bridgehead atoms. The second kappa shape index (κ2) is 14.3. The van der Waals surface area contributed by atoms with Crippen molar-refractivity contribution >= 4 is 55.9 Å². The Balaban J connectivity index is 1.03. The summed E-state index contributed by atoms with van der Waals surface area (Å²) in [6, 6.07) is 75.1. The quantitative estimate of drug-likeness (QED) is 0.159. The van der Waals surface area contributed by atoms with Crippen molar-refractivity contribution in [2.75, 3.05) is 9.80 Å². The lowest BCUT2D eigenvalue weighted by molar-refractivity contribution is 0.794. The van der Waals surface area contributed by atoms with Gasteiger partial charge in [-0.15, -0.1) is 0 Å². The molecule has 0 radical (unpaired) electrons. The second-order valence-electron chi connectivity index (χ2n) is 16.5. The van der Waals surface area contributed by atoms with E-state index in [0.717, 1.165) is 61.6 Å². The fourth-order valence-electron chi connectivity index (χ4n) is 10.8. The largest absolute Gasteiger partial charge is 0.310 e. The maximum Gasteiger partial charge on any atom is 0.0725 e. The third-order valence-corrected chi connectivity index (χ3v) is 13.2. The van der Waals surface area contributed by atoms with E-state index in [1.807, 2.05) is 36.4 Å². The van der Waals surface area contributed by atoms with Crippen LogP contribution in [-0.4, -0.2) is 4.57 Å². The molecule has 2 aliphatic rings. The summed E-state index contributed by atoms with van der Waals surface area (Å²) in [4.78, 5) is 4.20. The zero-order chi connectivity index (χ0) is 46.5. The lowest BCUT2D eigenvalue weighted by Crippen LogP contribution is -2.26. The maximum absolute atomic E-state index is 9.08. The molecular weight excluding hydrogens is 775 g/mol. The van der Waals surface area contributed by atoms with Gasteiger partial charge in [-0.1, -0.05) is 158 Å². The van der Waals surface area contributed by atoms with Crippen molar-refractivity contribution in [2.45, 2.75) is 5.41 Å². The van der Waals surface area contributed by atoms with E-state index in [0.29, 0.717) is 11.4 Å². The zero-order valence-electron chi connectivity index (χ0n) is 39.6. The number of benzene rings is 10. The SMILES string of the molecule is [2H]c1c([2H])c([2H])c(N(c2ccccc2)c2ccc3c(c2)-c2ccccc2C32c3ccccc3-c3cc(N(c4ccccc4)c4cccc5c4c4ccccc4n5-c4ccccc4)ccc32)c([2H])c1[2H]. The molecule has 0 saturated carbocycles. The van der Waals surface area contributed by atoms with Crippen molar-refractivity contribution in [2.24, 2.45) is 0 Å². The van der Waals surface area contributed by atoms with E-state index in [1.165, 1.54) is 27.5 Å². The Hall–Kier alpha value is -8.40. The van der Waals surface area contributed by atoms with Crippen LogP contribution >= 0.6 is 0 Å². The van der Waals surface area contributed by atoms with Crippen molar-refractivity contribution in [3.63, 3.8) is 0 Å². The Morgan fingerprint density at radius 1 is 0.359 bits per heavy atom. The summed E-state index contributed by atoms with van der Waals surface area (Å²) in [5.74, 6) is 0. The summed E-state index contributed by atoms with van der Waals surface area (Å²) >= 11 is 0. The van der Waals surface area contributed by atoms with Crippen LogP contribution in [-0.2, 0) is 5.41 Å². The van der Waals surface area contributed by atoms with Crippen molar-refractivity contribution in [1.29, 1.82) is 0 Å². The normalized spacial score (nSPS) is 15.4. The molecule has 3 nitrogen and oxygen atoms in total. The summed E-state index contributed by atoms with van der Waals surface area (Å²) in [6.45, 7) is 0.